The van der Waals surface area contributed by atoms with Gasteiger partial charge in [-0.1, -0.05) is 20.3 Å². The molecular formula is C14H29NO5S. The van der Waals surface area contributed by atoms with E-state index in [-0.39, 0.29) is 18.3 Å². The molecule has 0 radical (unpaired) electrons. The van der Waals surface area contributed by atoms with E-state index in [1.165, 1.54) is 0 Å². The molecule has 7 heteroatoms. The molecule has 0 saturated heterocycles. The fourth-order valence-electron chi connectivity index (χ4n) is 1.56. The molecule has 0 bridgehead atoms. The van der Waals surface area contributed by atoms with Gasteiger partial charge < -0.3 is 9.47 Å². The number of esters is 1. The standard InChI is InChI=1S/C14H29NO5S/c1-7-11(3)12(13(16)20-14(4,5)6)15-21(17,18)10-9-19-8-2/h11-12,15H,7-10H2,1-6H3/t11-,12-/m0/s1. The molecule has 0 aromatic rings. The first-order valence-electron chi connectivity index (χ1n) is 7.33. The quantitative estimate of drug-likeness (QED) is 0.516. The summed E-state index contributed by atoms with van der Waals surface area (Å²) in [4.78, 5) is 12.2. The predicted molar refractivity (Wildman–Crippen MR) is 82.5 cm³/mol. The maximum atomic E-state index is 12.2. The van der Waals surface area contributed by atoms with Crippen LogP contribution < -0.4 is 4.72 Å². The van der Waals surface area contributed by atoms with E-state index in [9.17, 15) is 13.2 Å². The number of carbonyl (C=O) groups excluding carboxylic acids is 1. The topological polar surface area (TPSA) is 81.7 Å². The Morgan fingerprint density at radius 2 is 1.81 bits per heavy atom. The minimum atomic E-state index is -3.58. The zero-order chi connectivity index (χ0) is 16.7. The summed E-state index contributed by atoms with van der Waals surface area (Å²) in [6.45, 7) is 11.3. The smallest absolute Gasteiger partial charge is 0.324 e. The second-order valence-electron chi connectivity index (χ2n) is 6.03. The maximum absolute atomic E-state index is 12.2. The van der Waals surface area contributed by atoms with Gasteiger partial charge in [-0.2, -0.15) is 0 Å². The van der Waals surface area contributed by atoms with E-state index in [2.05, 4.69) is 4.72 Å². The summed E-state index contributed by atoms with van der Waals surface area (Å²) < 4.78 is 36.8. The Kier molecular flexibility index (Phi) is 8.43. The molecule has 1 N–H and O–H groups in total. The second kappa shape index (κ2) is 8.70. The summed E-state index contributed by atoms with van der Waals surface area (Å²) >= 11 is 0. The van der Waals surface area contributed by atoms with Crippen molar-refractivity contribution in [2.24, 2.45) is 5.92 Å². The van der Waals surface area contributed by atoms with Crippen molar-refractivity contribution in [3.8, 4) is 0 Å². The minimum absolute atomic E-state index is 0.105. The molecule has 0 fully saturated rings. The van der Waals surface area contributed by atoms with Gasteiger partial charge in [0.15, 0.2) is 0 Å². The van der Waals surface area contributed by atoms with Crippen molar-refractivity contribution in [3.63, 3.8) is 0 Å². The summed E-state index contributed by atoms with van der Waals surface area (Å²) in [6, 6.07) is -0.874. The molecule has 0 aromatic heterocycles. The van der Waals surface area contributed by atoms with Crippen LogP contribution in [0.15, 0.2) is 0 Å². The average Bonchev–Trinajstić information content (AvgIpc) is 2.33. The van der Waals surface area contributed by atoms with Crippen LogP contribution in [0, 0.1) is 5.92 Å². The van der Waals surface area contributed by atoms with Crippen LogP contribution >= 0.6 is 0 Å². The van der Waals surface area contributed by atoms with Crippen molar-refractivity contribution in [1.29, 1.82) is 0 Å². The lowest BCUT2D eigenvalue weighted by molar-refractivity contribution is -0.158. The highest BCUT2D eigenvalue weighted by Gasteiger charge is 2.32. The molecular weight excluding hydrogens is 294 g/mol. The van der Waals surface area contributed by atoms with E-state index in [1.807, 2.05) is 13.8 Å². The van der Waals surface area contributed by atoms with Crippen LogP contribution in [-0.2, 0) is 24.3 Å². The third-order valence-electron chi connectivity index (χ3n) is 2.88. The van der Waals surface area contributed by atoms with Gasteiger partial charge in [0.25, 0.3) is 0 Å². The largest absolute Gasteiger partial charge is 0.459 e. The average molecular weight is 323 g/mol. The number of nitrogens with one attached hydrogen (secondary N) is 1. The van der Waals surface area contributed by atoms with E-state index >= 15 is 0 Å². The normalized spacial score (nSPS) is 15.5. The molecule has 126 valence electrons. The van der Waals surface area contributed by atoms with Gasteiger partial charge in [-0.25, -0.2) is 13.1 Å². The summed E-state index contributed by atoms with van der Waals surface area (Å²) in [5.41, 5.74) is -0.653. The fraction of sp³-hybridized carbons (Fsp3) is 0.929. The van der Waals surface area contributed by atoms with E-state index in [1.54, 1.807) is 27.7 Å². The maximum Gasteiger partial charge on any atom is 0.324 e. The third kappa shape index (κ3) is 9.06. The van der Waals surface area contributed by atoms with Crippen LogP contribution in [0.1, 0.15) is 48.0 Å². The molecule has 21 heavy (non-hydrogen) atoms. The Morgan fingerprint density at radius 1 is 1.24 bits per heavy atom. The highest BCUT2D eigenvalue weighted by Crippen LogP contribution is 2.15. The molecule has 0 rings (SSSR count). The molecule has 0 amide bonds. The molecule has 0 unspecified atom stereocenters. The lowest BCUT2D eigenvalue weighted by Gasteiger charge is -2.27. The lowest BCUT2D eigenvalue weighted by Crippen LogP contribution is -2.48. The van der Waals surface area contributed by atoms with Crippen molar-refractivity contribution in [2.75, 3.05) is 19.0 Å². The third-order valence-corrected chi connectivity index (χ3v) is 4.20. The van der Waals surface area contributed by atoms with E-state index in [0.29, 0.717) is 13.0 Å². The van der Waals surface area contributed by atoms with Crippen molar-refractivity contribution < 1.29 is 22.7 Å². The fourth-order valence-corrected chi connectivity index (χ4v) is 2.73. The zero-order valence-electron chi connectivity index (χ0n) is 13.9. The van der Waals surface area contributed by atoms with Gasteiger partial charge in [-0.15, -0.1) is 0 Å². The van der Waals surface area contributed by atoms with Crippen molar-refractivity contribution in [3.05, 3.63) is 0 Å². The molecule has 2 atom stereocenters. The van der Waals surface area contributed by atoms with E-state index in [0.717, 1.165) is 0 Å². The van der Waals surface area contributed by atoms with Gasteiger partial charge in [-0.3, -0.25) is 4.79 Å². The van der Waals surface area contributed by atoms with Crippen molar-refractivity contribution >= 4 is 16.0 Å². The van der Waals surface area contributed by atoms with Crippen LogP contribution in [0.25, 0.3) is 0 Å². The molecule has 0 spiro atoms. The van der Waals surface area contributed by atoms with Gasteiger partial charge in [-0.05, 0) is 33.6 Å². The Labute approximate surface area is 128 Å². The number of sulfonamides is 1. The van der Waals surface area contributed by atoms with Gasteiger partial charge in [0.05, 0.1) is 12.4 Å². The van der Waals surface area contributed by atoms with Gasteiger partial charge in [0.2, 0.25) is 10.0 Å². The Balaban J connectivity index is 4.89. The monoisotopic (exact) mass is 323 g/mol. The van der Waals surface area contributed by atoms with Crippen molar-refractivity contribution in [1.82, 2.24) is 4.72 Å². The molecule has 0 aromatic carbocycles. The van der Waals surface area contributed by atoms with Crippen LogP contribution in [0.5, 0.6) is 0 Å². The first kappa shape index (κ1) is 20.3. The van der Waals surface area contributed by atoms with Crippen LogP contribution in [0.4, 0.5) is 0 Å². The van der Waals surface area contributed by atoms with Gasteiger partial charge in [0.1, 0.15) is 11.6 Å². The number of hydrogen-bond donors (Lipinski definition) is 1. The number of ether oxygens (including phenoxy) is 2. The Hall–Kier alpha value is -0.660. The van der Waals surface area contributed by atoms with Crippen LogP contribution in [0.2, 0.25) is 0 Å². The van der Waals surface area contributed by atoms with Gasteiger partial charge >= 0.3 is 5.97 Å². The summed E-state index contributed by atoms with van der Waals surface area (Å²) in [5.74, 6) is -0.866. The number of hydrogen-bond acceptors (Lipinski definition) is 5. The Bertz CT molecular complexity index is 414. The number of carbonyl (C=O) groups is 1. The summed E-state index contributed by atoms with van der Waals surface area (Å²) in [7, 11) is -3.58. The van der Waals surface area contributed by atoms with E-state index in [4.69, 9.17) is 9.47 Å². The highest BCUT2D eigenvalue weighted by molar-refractivity contribution is 7.89. The lowest BCUT2D eigenvalue weighted by atomic mass is 10.00. The summed E-state index contributed by atoms with van der Waals surface area (Å²) in [5, 5.41) is 0. The van der Waals surface area contributed by atoms with Crippen LogP contribution in [-0.4, -0.2) is 45.0 Å². The SMILES string of the molecule is CCOCCS(=O)(=O)N[C@H](C(=O)OC(C)(C)C)[C@@H](C)CC. The predicted octanol–water partition coefficient (Wildman–Crippen LogP) is 1.70. The Morgan fingerprint density at radius 3 is 2.24 bits per heavy atom. The molecule has 0 aliphatic rings. The second-order valence-corrected chi connectivity index (χ2v) is 7.90. The molecule has 0 aliphatic heterocycles. The molecule has 0 saturated carbocycles. The first-order valence-corrected chi connectivity index (χ1v) is 8.98. The zero-order valence-corrected chi connectivity index (χ0v) is 14.7. The molecule has 0 aliphatic carbocycles. The van der Waals surface area contributed by atoms with Crippen LogP contribution in [0.3, 0.4) is 0 Å². The number of rotatable bonds is 9. The summed E-state index contributed by atoms with van der Waals surface area (Å²) in [6.07, 6.45) is 0.665. The highest BCUT2D eigenvalue weighted by atomic mass is 32.2. The van der Waals surface area contributed by atoms with E-state index < -0.39 is 27.6 Å². The van der Waals surface area contributed by atoms with Gasteiger partial charge in [0, 0.05) is 6.61 Å². The first-order chi connectivity index (χ1) is 9.52. The van der Waals surface area contributed by atoms with Crippen molar-refractivity contribution in [2.45, 2.75) is 59.6 Å². The minimum Gasteiger partial charge on any atom is -0.459 e. The molecule has 6 nitrogen and oxygen atoms in total. The molecule has 0 heterocycles.